The van der Waals surface area contributed by atoms with Crippen LogP contribution in [0.1, 0.15) is 32.6 Å². The van der Waals surface area contributed by atoms with Gasteiger partial charge in [-0.25, -0.2) is 4.98 Å². The second kappa shape index (κ2) is 6.52. The van der Waals surface area contributed by atoms with Gasteiger partial charge in [-0.15, -0.1) is 0 Å². The fraction of sp³-hybridized carbons (Fsp3) is 0.500. The second-order valence-electron chi connectivity index (χ2n) is 5.49. The summed E-state index contributed by atoms with van der Waals surface area (Å²) in [5.74, 6) is 0.711. The molecule has 0 spiro atoms. The normalized spacial score (nSPS) is 19.1. The zero-order chi connectivity index (χ0) is 14.7. The first-order valence-electron chi connectivity index (χ1n) is 7.65. The summed E-state index contributed by atoms with van der Waals surface area (Å²) < 4.78 is 0. The average molecular weight is 303 g/mol. The summed E-state index contributed by atoms with van der Waals surface area (Å²) in [5, 5.41) is 0.828. The van der Waals surface area contributed by atoms with Gasteiger partial charge in [0.05, 0.1) is 16.8 Å². The number of likely N-dealkylation sites (tertiary alicyclic amines) is 1. The Kier molecular flexibility index (Phi) is 4.48. The molecule has 0 radical (unpaired) electrons. The lowest BCUT2D eigenvalue weighted by Crippen LogP contribution is -2.44. The van der Waals surface area contributed by atoms with E-state index in [1.165, 1.54) is 18.2 Å². The van der Waals surface area contributed by atoms with Crippen LogP contribution in [0.3, 0.4) is 0 Å². The summed E-state index contributed by atoms with van der Waals surface area (Å²) >= 11 is 1.50. The number of hydrogen-bond donors (Lipinski definition) is 1. The molecule has 1 fully saturated rings. The first-order valence-corrected chi connectivity index (χ1v) is 8.63. The molecule has 5 heteroatoms. The number of fused-ring (bicyclic) bond motifs is 1. The number of imidazole rings is 1. The summed E-state index contributed by atoms with van der Waals surface area (Å²) in [5.41, 5.74) is 1.98. The van der Waals surface area contributed by atoms with Gasteiger partial charge in [0.1, 0.15) is 0 Å². The average Bonchev–Trinajstić information content (AvgIpc) is 2.95. The number of benzene rings is 1. The fourth-order valence-corrected chi connectivity index (χ4v) is 3.74. The highest BCUT2D eigenvalue weighted by Gasteiger charge is 2.25. The molecule has 4 nitrogen and oxygen atoms in total. The van der Waals surface area contributed by atoms with E-state index in [1.54, 1.807) is 0 Å². The van der Waals surface area contributed by atoms with Gasteiger partial charge in [0.25, 0.3) is 0 Å². The zero-order valence-corrected chi connectivity index (χ0v) is 13.2. The number of thioether (sulfide) groups is 1. The van der Waals surface area contributed by atoms with Crippen LogP contribution in [0, 0.1) is 0 Å². The van der Waals surface area contributed by atoms with Gasteiger partial charge in [0, 0.05) is 12.6 Å². The minimum Gasteiger partial charge on any atom is -0.339 e. The predicted molar refractivity (Wildman–Crippen MR) is 86.5 cm³/mol. The van der Waals surface area contributed by atoms with Crippen LogP contribution in [-0.2, 0) is 4.79 Å². The van der Waals surface area contributed by atoms with E-state index in [9.17, 15) is 4.79 Å². The fourth-order valence-electron chi connectivity index (χ4n) is 2.96. The highest BCUT2D eigenvalue weighted by Crippen LogP contribution is 2.23. The van der Waals surface area contributed by atoms with Crippen molar-refractivity contribution in [2.75, 3.05) is 12.3 Å². The third-order valence-corrected chi connectivity index (χ3v) is 4.98. The summed E-state index contributed by atoms with van der Waals surface area (Å²) in [7, 11) is 0. The number of piperidine rings is 1. The van der Waals surface area contributed by atoms with Crippen molar-refractivity contribution in [2.45, 2.75) is 43.8 Å². The van der Waals surface area contributed by atoms with Gasteiger partial charge < -0.3 is 9.88 Å². The highest BCUT2D eigenvalue weighted by atomic mass is 32.2. The number of amides is 1. The van der Waals surface area contributed by atoms with Crippen LogP contribution in [-0.4, -0.2) is 39.1 Å². The number of para-hydroxylation sites is 2. The Morgan fingerprint density at radius 1 is 1.43 bits per heavy atom. The lowest BCUT2D eigenvalue weighted by Gasteiger charge is -2.35. The van der Waals surface area contributed by atoms with Crippen molar-refractivity contribution in [1.82, 2.24) is 14.9 Å². The van der Waals surface area contributed by atoms with Gasteiger partial charge in [-0.3, -0.25) is 4.79 Å². The van der Waals surface area contributed by atoms with E-state index < -0.39 is 0 Å². The van der Waals surface area contributed by atoms with Crippen molar-refractivity contribution in [1.29, 1.82) is 0 Å². The molecule has 2 aromatic rings. The standard InChI is InChI=1S/C16H21N3OS/c1-2-12-7-5-6-10-19(12)15(20)11-21-16-17-13-8-3-4-9-14(13)18-16/h3-4,8-9,12H,2,5-7,10-11H2,1H3,(H,17,18). The number of H-pyrrole nitrogens is 1. The second-order valence-corrected chi connectivity index (χ2v) is 6.46. The molecule has 112 valence electrons. The molecule has 1 aliphatic heterocycles. The van der Waals surface area contributed by atoms with Crippen LogP contribution in [0.4, 0.5) is 0 Å². The number of carbonyl (C=O) groups excluding carboxylic acids is 1. The molecular formula is C16H21N3OS. The molecule has 0 bridgehead atoms. The Hall–Kier alpha value is -1.49. The topological polar surface area (TPSA) is 49.0 Å². The van der Waals surface area contributed by atoms with E-state index in [-0.39, 0.29) is 5.91 Å². The third-order valence-electron chi connectivity index (χ3n) is 4.12. The van der Waals surface area contributed by atoms with Crippen molar-refractivity contribution in [3.63, 3.8) is 0 Å². The Morgan fingerprint density at radius 2 is 2.29 bits per heavy atom. The molecule has 1 N–H and O–H groups in total. The smallest absolute Gasteiger partial charge is 0.233 e. The van der Waals surface area contributed by atoms with Crippen molar-refractivity contribution in [3.05, 3.63) is 24.3 Å². The molecule has 21 heavy (non-hydrogen) atoms. The van der Waals surface area contributed by atoms with E-state index in [4.69, 9.17) is 0 Å². The van der Waals surface area contributed by atoms with Crippen LogP contribution >= 0.6 is 11.8 Å². The highest BCUT2D eigenvalue weighted by molar-refractivity contribution is 7.99. The first-order chi connectivity index (χ1) is 10.3. The number of rotatable bonds is 4. The number of nitrogens with zero attached hydrogens (tertiary/aromatic N) is 2. The maximum atomic E-state index is 12.4. The van der Waals surface area contributed by atoms with E-state index in [1.807, 2.05) is 24.3 Å². The minimum atomic E-state index is 0.243. The maximum Gasteiger partial charge on any atom is 0.233 e. The Morgan fingerprint density at radius 3 is 3.10 bits per heavy atom. The summed E-state index contributed by atoms with van der Waals surface area (Å²) in [6, 6.07) is 8.38. The number of nitrogens with one attached hydrogen (secondary N) is 1. The monoisotopic (exact) mass is 303 g/mol. The Balaban J connectivity index is 1.62. The third kappa shape index (κ3) is 3.23. The molecule has 1 atom stereocenters. The maximum absolute atomic E-state index is 12.4. The van der Waals surface area contributed by atoms with Gasteiger partial charge in [-0.05, 0) is 37.8 Å². The molecule has 1 unspecified atom stereocenters. The van der Waals surface area contributed by atoms with E-state index >= 15 is 0 Å². The summed E-state index contributed by atoms with van der Waals surface area (Å²) in [6.07, 6.45) is 4.59. The molecule has 1 amide bonds. The van der Waals surface area contributed by atoms with Crippen molar-refractivity contribution < 1.29 is 4.79 Å². The van der Waals surface area contributed by atoms with Crippen LogP contribution in [0.2, 0.25) is 0 Å². The van der Waals surface area contributed by atoms with Crippen LogP contribution in [0.15, 0.2) is 29.4 Å². The molecule has 1 aliphatic rings. The zero-order valence-electron chi connectivity index (χ0n) is 12.3. The van der Waals surface area contributed by atoms with Crippen molar-refractivity contribution >= 4 is 28.7 Å². The summed E-state index contributed by atoms with van der Waals surface area (Å²) in [4.78, 5) is 22.3. The quantitative estimate of drug-likeness (QED) is 0.880. The molecule has 2 heterocycles. The Bertz CT molecular complexity index is 592. The van der Waals surface area contributed by atoms with Gasteiger partial charge >= 0.3 is 0 Å². The number of hydrogen-bond acceptors (Lipinski definition) is 3. The number of aromatic nitrogens is 2. The SMILES string of the molecule is CCC1CCCCN1C(=O)CSc1nc2ccccc2[nH]1. The van der Waals surface area contributed by atoms with E-state index in [0.717, 1.165) is 42.0 Å². The predicted octanol–water partition coefficient (Wildman–Crippen LogP) is 3.45. The van der Waals surface area contributed by atoms with Crippen molar-refractivity contribution in [2.24, 2.45) is 0 Å². The molecule has 0 saturated carbocycles. The van der Waals surface area contributed by atoms with Gasteiger partial charge in [0.2, 0.25) is 5.91 Å². The molecule has 1 aromatic carbocycles. The molecular weight excluding hydrogens is 282 g/mol. The number of carbonyl (C=O) groups is 1. The first kappa shape index (κ1) is 14.4. The van der Waals surface area contributed by atoms with Crippen LogP contribution in [0.25, 0.3) is 11.0 Å². The molecule has 1 aromatic heterocycles. The van der Waals surface area contributed by atoms with E-state index in [2.05, 4.69) is 21.8 Å². The van der Waals surface area contributed by atoms with Crippen molar-refractivity contribution in [3.8, 4) is 0 Å². The minimum absolute atomic E-state index is 0.243. The van der Waals surface area contributed by atoms with Gasteiger partial charge in [-0.1, -0.05) is 30.8 Å². The molecule has 1 saturated heterocycles. The largest absolute Gasteiger partial charge is 0.339 e. The summed E-state index contributed by atoms with van der Waals surface area (Å²) in [6.45, 7) is 3.08. The lowest BCUT2D eigenvalue weighted by molar-refractivity contribution is -0.132. The molecule has 3 rings (SSSR count). The Labute approximate surface area is 129 Å². The lowest BCUT2D eigenvalue weighted by atomic mass is 10.0. The van der Waals surface area contributed by atoms with Gasteiger partial charge in [-0.2, -0.15) is 0 Å². The van der Waals surface area contributed by atoms with Gasteiger partial charge in [0.15, 0.2) is 5.16 Å². The van der Waals surface area contributed by atoms with E-state index in [0.29, 0.717) is 11.8 Å². The number of aromatic amines is 1. The van der Waals surface area contributed by atoms with Crippen LogP contribution < -0.4 is 0 Å². The van der Waals surface area contributed by atoms with Crippen LogP contribution in [0.5, 0.6) is 0 Å². The molecule has 0 aliphatic carbocycles.